The number of carbonyl (C=O) groups excluding carboxylic acids is 1. The van der Waals surface area contributed by atoms with Gasteiger partial charge in [0.15, 0.2) is 27.3 Å². The van der Waals surface area contributed by atoms with Gasteiger partial charge in [0.05, 0.1) is 29.1 Å². The molecule has 0 fully saturated rings. The highest BCUT2D eigenvalue weighted by Gasteiger charge is 2.39. The van der Waals surface area contributed by atoms with Crippen molar-refractivity contribution in [2.24, 2.45) is 0 Å². The van der Waals surface area contributed by atoms with E-state index >= 15 is 0 Å². The Hall–Kier alpha value is -3.36. The number of ether oxygens (including phenoxy) is 1. The maximum absolute atomic E-state index is 13.0. The first-order chi connectivity index (χ1) is 15.7. The molecule has 15 heteroatoms. The SMILES string of the molecule is CCS(=O)(=O)c1c(N2Cc3ncc(C(F)(F)F)cc3C2=O)nc2cc(OCC(F)(F)F)ccn12. The van der Waals surface area contributed by atoms with Crippen molar-refractivity contribution in [1.82, 2.24) is 14.4 Å². The molecular formula is C19H14F6N4O4S. The summed E-state index contributed by atoms with van der Waals surface area (Å²) in [5, 5.41) is -0.440. The smallest absolute Gasteiger partial charge is 0.422 e. The first-order valence-corrected chi connectivity index (χ1v) is 11.2. The van der Waals surface area contributed by atoms with E-state index in [1.54, 1.807) is 0 Å². The highest BCUT2D eigenvalue weighted by atomic mass is 32.2. The molecule has 0 radical (unpaired) electrons. The molecule has 0 N–H and O–H groups in total. The zero-order chi connectivity index (χ0) is 25.1. The summed E-state index contributed by atoms with van der Waals surface area (Å²) in [6.07, 6.45) is -7.68. The molecule has 0 bridgehead atoms. The van der Waals surface area contributed by atoms with Gasteiger partial charge in [-0.2, -0.15) is 26.3 Å². The van der Waals surface area contributed by atoms with Gasteiger partial charge < -0.3 is 4.74 Å². The molecule has 1 amide bonds. The summed E-state index contributed by atoms with van der Waals surface area (Å²) in [4.78, 5) is 21.6. The van der Waals surface area contributed by atoms with E-state index in [0.717, 1.165) is 27.6 Å². The van der Waals surface area contributed by atoms with Crippen LogP contribution in [0.1, 0.15) is 28.5 Å². The van der Waals surface area contributed by atoms with Crippen LogP contribution < -0.4 is 9.64 Å². The third-order valence-corrected chi connectivity index (χ3v) is 6.68. The Bertz CT molecular complexity index is 1400. The Labute approximate surface area is 187 Å². The first kappa shape index (κ1) is 23.8. The third-order valence-electron chi connectivity index (χ3n) is 4.95. The van der Waals surface area contributed by atoms with Gasteiger partial charge in [0.2, 0.25) is 0 Å². The lowest BCUT2D eigenvalue weighted by Gasteiger charge is -2.14. The highest BCUT2D eigenvalue weighted by molar-refractivity contribution is 7.91. The van der Waals surface area contributed by atoms with E-state index < -0.39 is 51.0 Å². The van der Waals surface area contributed by atoms with E-state index in [0.29, 0.717) is 12.3 Å². The fourth-order valence-electron chi connectivity index (χ4n) is 3.34. The van der Waals surface area contributed by atoms with Crippen molar-refractivity contribution >= 4 is 27.2 Å². The van der Waals surface area contributed by atoms with Crippen LogP contribution in [-0.4, -0.2) is 47.2 Å². The van der Waals surface area contributed by atoms with Gasteiger partial charge in [-0.3, -0.25) is 19.1 Å². The number of hydrogen-bond donors (Lipinski definition) is 0. The molecule has 1 aliphatic heterocycles. The monoisotopic (exact) mass is 508 g/mol. The van der Waals surface area contributed by atoms with Crippen molar-refractivity contribution in [2.45, 2.75) is 30.8 Å². The number of amides is 1. The maximum atomic E-state index is 13.0. The summed E-state index contributed by atoms with van der Waals surface area (Å²) in [7, 11) is -4.05. The molecule has 4 rings (SSSR count). The summed E-state index contributed by atoms with van der Waals surface area (Å²) < 4.78 is 108. The normalized spacial score (nSPS) is 14.7. The number of sulfone groups is 1. The molecule has 0 aliphatic carbocycles. The molecule has 0 aromatic carbocycles. The van der Waals surface area contributed by atoms with Gasteiger partial charge in [-0.15, -0.1) is 0 Å². The van der Waals surface area contributed by atoms with Gasteiger partial charge in [-0.25, -0.2) is 13.4 Å². The van der Waals surface area contributed by atoms with Crippen LogP contribution in [0.15, 0.2) is 35.6 Å². The topological polar surface area (TPSA) is 93.9 Å². The minimum absolute atomic E-state index is 0.0101. The van der Waals surface area contributed by atoms with Crippen LogP contribution in [0.3, 0.4) is 0 Å². The summed E-state index contributed by atoms with van der Waals surface area (Å²) in [6.45, 7) is -0.610. The Morgan fingerprint density at radius 1 is 1.15 bits per heavy atom. The lowest BCUT2D eigenvalue weighted by Crippen LogP contribution is -2.26. The van der Waals surface area contributed by atoms with Crippen molar-refractivity contribution in [3.8, 4) is 5.75 Å². The average Bonchev–Trinajstić information content (AvgIpc) is 3.28. The van der Waals surface area contributed by atoms with E-state index in [9.17, 15) is 39.6 Å². The predicted molar refractivity (Wildman–Crippen MR) is 104 cm³/mol. The lowest BCUT2D eigenvalue weighted by atomic mass is 10.1. The molecule has 3 aromatic rings. The van der Waals surface area contributed by atoms with Gasteiger partial charge in [0.25, 0.3) is 5.91 Å². The number of carbonyl (C=O) groups is 1. The van der Waals surface area contributed by atoms with Crippen LogP contribution in [0.25, 0.3) is 5.65 Å². The molecule has 3 aromatic heterocycles. The van der Waals surface area contributed by atoms with Gasteiger partial charge >= 0.3 is 12.4 Å². The maximum Gasteiger partial charge on any atom is 0.422 e. The van der Waals surface area contributed by atoms with E-state index in [1.807, 2.05) is 0 Å². The number of aromatic nitrogens is 3. The van der Waals surface area contributed by atoms with Crippen LogP contribution in [-0.2, 0) is 22.6 Å². The van der Waals surface area contributed by atoms with E-state index in [1.165, 1.54) is 6.92 Å². The molecule has 1 aliphatic rings. The first-order valence-electron chi connectivity index (χ1n) is 9.53. The predicted octanol–water partition coefficient (Wildman–Crippen LogP) is 3.64. The van der Waals surface area contributed by atoms with Crippen molar-refractivity contribution in [3.63, 3.8) is 0 Å². The summed E-state index contributed by atoms with van der Waals surface area (Å²) in [5.74, 6) is -2.00. The third kappa shape index (κ3) is 4.26. The van der Waals surface area contributed by atoms with Crippen molar-refractivity contribution in [2.75, 3.05) is 17.3 Å². The minimum atomic E-state index is -4.75. The second-order valence-corrected chi connectivity index (χ2v) is 9.44. The number of anilines is 1. The van der Waals surface area contributed by atoms with E-state index in [4.69, 9.17) is 0 Å². The fourth-order valence-corrected chi connectivity index (χ4v) is 4.51. The van der Waals surface area contributed by atoms with E-state index in [-0.39, 0.29) is 35.0 Å². The molecule has 0 saturated heterocycles. The number of halogens is 6. The Morgan fingerprint density at radius 3 is 2.47 bits per heavy atom. The standard InChI is InChI=1S/C19H14F6N4O4S/c1-2-34(31,32)17-15(27-14-6-11(3-4-28(14)17)33-9-18(20,21)22)29-8-13-12(16(29)30)5-10(7-26-13)19(23,24)25/h3-7H,2,8-9H2,1H3. The second-order valence-electron chi connectivity index (χ2n) is 7.25. The molecule has 0 saturated carbocycles. The Balaban J connectivity index is 1.81. The largest absolute Gasteiger partial charge is 0.484 e. The molecule has 0 spiro atoms. The average molecular weight is 508 g/mol. The van der Waals surface area contributed by atoms with Crippen LogP contribution in [0.4, 0.5) is 32.2 Å². The molecule has 182 valence electrons. The van der Waals surface area contributed by atoms with Crippen LogP contribution in [0.2, 0.25) is 0 Å². The highest BCUT2D eigenvalue weighted by Crippen LogP contribution is 2.36. The van der Waals surface area contributed by atoms with E-state index in [2.05, 4.69) is 14.7 Å². The quantitative estimate of drug-likeness (QED) is 0.489. The van der Waals surface area contributed by atoms with Gasteiger partial charge in [-0.05, 0) is 12.1 Å². The van der Waals surface area contributed by atoms with Gasteiger partial charge in [0, 0.05) is 18.5 Å². The number of pyridine rings is 2. The molecule has 0 atom stereocenters. The van der Waals surface area contributed by atoms with Crippen LogP contribution in [0, 0.1) is 0 Å². The number of rotatable bonds is 5. The lowest BCUT2D eigenvalue weighted by molar-refractivity contribution is -0.153. The second kappa shape index (κ2) is 7.85. The Morgan fingerprint density at radius 2 is 1.85 bits per heavy atom. The van der Waals surface area contributed by atoms with Gasteiger partial charge in [-0.1, -0.05) is 6.92 Å². The number of nitrogens with zero attached hydrogens (tertiary/aromatic N) is 4. The van der Waals surface area contributed by atoms with Crippen molar-refractivity contribution < 1.29 is 44.3 Å². The summed E-state index contributed by atoms with van der Waals surface area (Å²) >= 11 is 0. The number of fused-ring (bicyclic) bond motifs is 2. The van der Waals surface area contributed by atoms with Gasteiger partial charge in [0.1, 0.15) is 11.4 Å². The Kier molecular flexibility index (Phi) is 5.49. The fraction of sp³-hybridized carbons (Fsp3) is 0.316. The zero-order valence-corrected chi connectivity index (χ0v) is 17.9. The molecular weight excluding hydrogens is 494 g/mol. The number of alkyl halides is 6. The van der Waals surface area contributed by atoms with Crippen LogP contribution in [0.5, 0.6) is 5.75 Å². The number of imidazole rings is 1. The van der Waals surface area contributed by atoms with Crippen molar-refractivity contribution in [1.29, 1.82) is 0 Å². The number of hydrogen-bond acceptors (Lipinski definition) is 6. The minimum Gasteiger partial charge on any atom is -0.484 e. The summed E-state index contributed by atoms with van der Waals surface area (Å²) in [6, 6.07) is 2.77. The van der Waals surface area contributed by atoms with Crippen LogP contribution >= 0.6 is 0 Å². The molecule has 4 heterocycles. The zero-order valence-electron chi connectivity index (χ0n) is 17.1. The molecule has 8 nitrogen and oxygen atoms in total. The van der Waals surface area contributed by atoms with Crippen molar-refractivity contribution in [3.05, 3.63) is 47.4 Å². The molecule has 34 heavy (non-hydrogen) atoms. The summed E-state index contributed by atoms with van der Waals surface area (Å²) in [5.41, 5.74) is -1.66. The molecule has 0 unspecified atom stereocenters.